The van der Waals surface area contributed by atoms with E-state index in [1.165, 1.54) is 0 Å². The fourth-order valence-electron chi connectivity index (χ4n) is 1.24. The predicted octanol–water partition coefficient (Wildman–Crippen LogP) is 1.16. The molecule has 5 nitrogen and oxygen atoms in total. The van der Waals surface area contributed by atoms with E-state index in [4.69, 9.17) is 10.5 Å². The highest BCUT2D eigenvalue weighted by Crippen LogP contribution is 2.08. The number of hydrogen-bond acceptors (Lipinski definition) is 4. The van der Waals surface area contributed by atoms with Crippen molar-refractivity contribution in [1.29, 1.82) is 0 Å². The van der Waals surface area contributed by atoms with E-state index in [0.29, 0.717) is 19.2 Å². The molecule has 0 radical (unpaired) electrons. The average Bonchev–Trinajstić information content (AvgIpc) is 2.86. The Kier molecular flexibility index (Phi) is 3.52. The zero-order valence-corrected chi connectivity index (χ0v) is 9.41. The van der Waals surface area contributed by atoms with E-state index >= 15 is 0 Å². The third-order valence-corrected chi connectivity index (χ3v) is 2.19. The first kappa shape index (κ1) is 11.3. The van der Waals surface area contributed by atoms with Crippen molar-refractivity contribution in [2.24, 2.45) is 5.73 Å². The summed E-state index contributed by atoms with van der Waals surface area (Å²) in [6.45, 7) is 4.49. The van der Waals surface area contributed by atoms with Crippen LogP contribution in [0.25, 0.3) is 5.69 Å². The number of hydrogen-bond donors (Lipinski definition) is 1. The number of nitrogens with zero attached hydrogens (tertiary/aromatic N) is 3. The number of benzene rings is 1. The van der Waals surface area contributed by atoms with Crippen LogP contribution < -0.4 is 10.5 Å². The summed E-state index contributed by atoms with van der Waals surface area (Å²) in [6, 6.07) is 10.0. The molecule has 0 aliphatic heterocycles. The standard InChI is InChI=1S/C12H14N4O/c1-10(7-13)8-17-12-14-9-16(15-12)11-5-3-2-4-6-11/h2-6,9H,1,7-8,13H2. The van der Waals surface area contributed by atoms with Gasteiger partial charge in [0.15, 0.2) is 0 Å². The topological polar surface area (TPSA) is 66.0 Å². The summed E-state index contributed by atoms with van der Waals surface area (Å²) in [4.78, 5) is 4.05. The molecule has 0 fully saturated rings. The van der Waals surface area contributed by atoms with Crippen LogP contribution in [0, 0.1) is 0 Å². The zero-order chi connectivity index (χ0) is 12.1. The average molecular weight is 230 g/mol. The van der Waals surface area contributed by atoms with Crippen LogP contribution in [0.15, 0.2) is 48.8 Å². The van der Waals surface area contributed by atoms with Crippen LogP contribution in [-0.2, 0) is 0 Å². The molecule has 1 aromatic carbocycles. The van der Waals surface area contributed by atoms with Crippen LogP contribution in [0.2, 0.25) is 0 Å². The summed E-state index contributed by atoms with van der Waals surface area (Å²) in [6.07, 6.45) is 1.61. The SMILES string of the molecule is C=C(CN)COc1ncn(-c2ccccc2)n1. The number of rotatable bonds is 5. The van der Waals surface area contributed by atoms with Gasteiger partial charge < -0.3 is 10.5 Å². The maximum absolute atomic E-state index is 5.41. The molecule has 0 saturated carbocycles. The molecule has 0 amide bonds. The maximum atomic E-state index is 5.41. The lowest BCUT2D eigenvalue weighted by atomic mass is 10.3. The van der Waals surface area contributed by atoms with Gasteiger partial charge in [-0.3, -0.25) is 0 Å². The Morgan fingerprint density at radius 3 is 2.82 bits per heavy atom. The van der Waals surface area contributed by atoms with Gasteiger partial charge in [0.1, 0.15) is 12.9 Å². The van der Waals surface area contributed by atoms with Gasteiger partial charge in [0, 0.05) is 6.54 Å². The molecule has 1 heterocycles. The Morgan fingerprint density at radius 2 is 2.12 bits per heavy atom. The molecule has 2 aromatic rings. The van der Waals surface area contributed by atoms with Crippen LogP contribution in [0.5, 0.6) is 6.01 Å². The molecule has 88 valence electrons. The molecule has 5 heteroatoms. The molecule has 0 saturated heterocycles. The molecule has 0 bridgehead atoms. The van der Waals surface area contributed by atoms with Gasteiger partial charge in [0.05, 0.1) is 5.69 Å². The second kappa shape index (κ2) is 5.27. The molecule has 0 atom stereocenters. The fraction of sp³-hybridized carbons (Fsp3) is 0.167. The summed E-state index contributed by atoms with van der Waals surface area (Å²) in [5.74, 6) is 0. The van der Waals surface area contributed by atoms with Gasteiger partial charge in [-0.1, -0.05) is 24.8 Å². The predicted molar refractivity (Wildman–Crippen MR) is 65.0 cm³/mol. The minimum Gasteiger partial charge on any atom is -0.458 e. The smallest absolute Gasteiger partial charge is 0.336 e. The number of aromatic nitrogens is 3. The highest BCUT2D eigenvalue weighted by molar-refractivity contribution is 5.29. The Balaban J connectivity index is 2.04. The summed E-state index contributed by atoms with van der Waals surface area (Å²) in [5, 5.41) is 4.19. The van der Waals surface area contributed by atoms with Gasteiger partial charge in [-0.2, -0.15) is 4.98 Å². The third kappa shape index (κ3) is 2.92. The van der Waals surface area contributed by atoms with Crippen molar-refractivity contribution in [3.8, 4) is 11.7 Å². The highest BCUT2D eigenvalue weighted by atomic mass is 16.5. The summed E-state index contributed by atoms with van der Waals surface area (Å²) in [7, 11) is 0. The van der Waals surface area contributed by atoms with Crippen LogP contribution in [-0.4, -0.2) is 27.9 Å². The minimum atomic E-state index is 0.323. The summed E-state index contributed by atoms with van der Waals surface area (Å²) < 4.78 is 6.99. The number of para-hydroxylation sites is 1. The summed E-state index contributed by atoms with van der Waals surface area (Å²) in [5.41, 5.74) is 7.15. The van der Waals surface area contributed by atoms with E-state index < -0.39 is 0 Å². The van der Waals surface area contributed by atoms with Gasteiger partial charge in [-0.05, 0) is 17.7 Å². The van der Waals surface area contributed by atoms with Gasteiger partial charge in [0.25, 0.3) is 0 Å². The Bertz CT molecular complexity index is 492. The largest absolute Gasteiger partial charge is 0.458 e. The molecule has 2 N–H and O–H groups in total. The number of nitrogens with two attached hydrogens (primary N) is 1. The first-order valence-electron chi connectivity index (χ1n) is 5.26. The van der Waals surface area contributed by atoms with Crippen LogP contribution in [0.4, 0.5) is 0 Å². The van der Waals surface area contributed by atoms with Crippen LogP contribution in [0.1, 0.15) is 0 Å². The Morgan fingerprint density at radius 1 is 1.35 bits per heavy atom. The Labute approximate surface area is 99.5 Å². The first-order chi connectivity index (χ1) is 8.29. The second-order valence-electron chi connectivity index (χ2n) is 3.55. The molecular formula is C12H14N4O. The molecule has 0 aliphatic rings. The molecular weight excluding hydrogens is 216 g/mol. The van der Waals surface area contributed by atoms with E-state index in [-0.39, 0.29) is 0 Å². The number of ether oxygens (including phenoxy) is 1. The fourth-order valence-corrected chi connectivity index (χ4v) is 1.24. The van der Waals surface area contributed by atoms with Crippen molar-refractivity contribution >= 4 is 0 Å². The lowest BCUT2D eigenvalue weighted by molar-refractivity contribution is 0.322. The first-order valence-corrected chi connectivity index (χ1v) is 5.26. The molecule has 0 unspecified atom stereocenters. The van der Waals surface area contributed by atoms with E-state index in [1.54, 1.807) is 11.0 Å². The van der Waals surface area contributed by atoms with Crippen LogP contribution in [0.3, 0.4) is 0 Å². The molecule has 0 spiro atoms. The van der Waals surface area contributed by atoms with Crippen molar-refractivity contribution in [1.82, 2.24) is 14.8 Å². The van der Waals surface area contributed by atoms with Gasteiger partial charge in [-0.25, -0.2) is 4.68 Å². The van der Waals surface area contributed by atoms with E-state index in [9.17, 15) is 0 Å². The Hall–Kier alpha value is -2.14. The van der Waals surface area contributed by atoms with Gasteiger partial charge >= 0.3 is 6.01 Å². The molecule has 17 heavy (non-hydrogen) atoms. The van der Waals surface area contributed by atoms with Gasteiger partial charge in [0.2, 0.25) is 0 Å². The zero-order valence-electron chi connectivity index (χ0n) is 9.41. The quantitative estimate of drug-likeness (QED) is 0.783. The lowest BCUT2D eigenvalue weighted by Crippen LogP contribution is -2.10. The third-order valence-electron chi connectivity index (χ3n) is 2.19. The molecule has 1 aromatic heterocycles. The van der Waals surface area contributed by atoms with E-state index in [1.807, 2.05) is 30.3 Å². The maximum Gasteiger partial charge on any atom is 0.336 e. The van der Waals surface area contributed by atoms with Crippen molar-refractivity contribution in [3.63, 3.8) is 0 Å². The monoisotopic (exact) mass is 230 g/mol. The molecule has 0 aliphatic carbocycles. The van der Waals surface area contributed by atoms with Gasteiger partial charge in [-0.15, -0.1) is 5.10 Å². The van der Waals surface area contributed by atoms with Crippen LogP contribution >= 0.6 is 0 Å². The van der Waals surface area contributed by atoms with E-state index in [0.717, 1.165) is 11.3 Å². The van der Waals surface area contributed by atoms with Crippen molar-refractivity contribution in [3.05, 3.63) is 48.8 Å². The highest BCUT2D eigenvalue weighted by Gasteiger charge is 2.03. The van der Waals surface area contributed by atoms with Crippen molar-refractivity contribution in [2.75, 3.05) is 13.2 Å². The summed E-state index contributed by atoms with van der Waals surface area (Å²) >= 11 is 0. The second-order valence-corrected chi connectivity index (χ2v) is 3.55. The van der Waals surface area contributed by atoms with E-state index in [2.05, 4.69) is 16.7 Å². The molecule has 2 rings (SSSR count). The lowest BCUT2D eigenvalue weighted by Gasteiger charge is -2.02. The minimum absolute atomic E-state index is 0.323. The normalized spacial score (nSPS) is 10.2. The van der Waals surface area contributed by atoms with Crippen molar-refractivity contribution in [2.45, 2.75) is 0 Å². The van der Waals surface area contributed by atoms with Crippen molar-refractivity contribution < 1.29 is 4.74 Å².